The lowest BCUT2D eigenvalue weighted by Crippen LogP contribution is -2.34. The van der Waals surface area contributed by atoms with Crippen LogP contribution in [0.15, 0.2) is 36.4 Å². The van der Waals surface area contributed by atoms with Crippen LogP contribution < -0.4 is 0 Å². The Morgan fingerprint density at radius 3 is 2.15 bits per heavy atom. The van der Waals surface area contributed by atoms with Crippen LogP contribution in [-0.2, 0) is 22.0 Å². The molecule has 0 amide bonds. The molecule has 3 rings (SSSR count). The van der Waals surface area contributed by atoms with Crippen LogP contribution in [0.2, 0.25) is 0 Å². The number of hydrogen-bond donors (Lipinski definition) is 0. The van der Waals surface area contributed by atoms with Gasteiger partial charge in [-0.05, 0) is 94.9 Å². The zero-order valence-corrected chi connectivity index (χ0v) is 22.7. The smallest absolute Gasteiger partial charge is 0.338 e. The molecule has 2 aromatic rings. The highest BCUT2D eigenvalue weighted by atomic mass is 16.5. The molecule has 1 aliphatic carbocycles. The van der Waals surface area contributed by atoms with Crippen molar-refractivity contribution in [2.45, 2.75) is 98.3 Å². The first-order chi connectivity index (χ1) is 15.9. The van der Waals surface area contributed by atoms with Gasteiger partial charge in [0, 0.05) is 0 Å². The van der Waals surface area contributed by atoms with E-state index in [4.69, 9.17) is 4.74 Å². The van der Waals surface area contributed by atoms with Crippen molar-refractivity contribution in [1.82, 2.24) is 0 Å². The van der Waals surface area contributed by atoms with E-state index in [1.165, 1.54) is 40.7 Å². The number of rotatable bonds is 8. The maximum Gasteiger partial charge on any atom is 0.338 e. The monoisotopic (exact) mass is 460 g/mol. The molecule has 34 heavy (non-hydrogen) atoms. The number of allylic oxidation sites excluding steroid dienone is 1. The number of ether oxygens (including phenoxy) is 1. The average molecular weight is 461 g/mol. The van der Waals surface area contributed by atoms with Crippen LogP contribution >= 0.6 is 0 Å². The molecule has 184 valence electrons. The van der Waals surface area contributed by atoms with Crippen LogP contribution in [0.5, 0.6) is 0 Å². The fraction of sp³-hybridized carbons (Fsp3) is 0.531. The van der Waals surface area contributed by atoms with Crippen molar-refractivity contribution in [3.05, 3.63) is 69.8 Å². The van der Waals surface area contributed by atoms with Gasteiger partial charge in [0.25, 0.3) is 0 Å². The maximum absolute atomic E-state index is 12.2. The lowest BCUT2D eigenvalue weighted by atomic mass is 9.62. The molecule has 0 unspecified atom stereocenters. The molecular formula is C32H44O2. The number of carbonyl (C=O) groups is 1. The summed E-state index contributed by atoms with van der Waals surface area (Å²) >= 11 is 0. The van der Waals surface area contributed by atoms with E-state index >= 15 is 0 Å². The van der Waals surface area contributed by atoms with Crippen molar-refractivity contribution in [1.29, 1.82) is 0 Å². The summed E-state index contributed by atoms with van der Waals surface area (Å²) in [4.78, 5) is 12.2. The number of fused-ring (bicyclic) bond motifs is 1. The third-order valence-corrected chi connectivity index (χ3v) is 7.39. The molecule has 0 saturated heterocycles. The second-order valence-electron chi connectivity index (χ2n) is 11.9. The van der Waals surface area contributed by atoms with Crippen molar-refractivity contribution in [2.24, 2.45) is 5.92 Å². The first-order valence-electron chi connectivity index (χ1n) is 13.1. The highest BCUT2D eigenvalue weighted by Gasteiger charge is 2.37. The zero-order chi connectivity index (χ0) is 25.1. The molecule has 0 heterocycles. The minimum Gasteiger partial charge on any atom is -0.462 e. The summed E-state index contributed by atoms with van der Waals surface area (Å²) in [6.07, 6.45) is 7.70. The van der Waals surface area contributed by atoms with Gasteiger partial charge in [0.1, 0.15) is 0 Å². The van der Waals surface area contributed by atoms with Crippen molar-refractivity contribution >= 4 is 17.6 Å². The molecule has 0 N–H and O–H groups in total. The largest absolute Gasteiger partial charge is 0.462 e. The second kappa shape index (κ2) is 10.5. The fourth-order valence-electron chi connectivity index (χ4n) is 5.07. The number of benzene rings is 2. The third-order valence-electron chi connectivity index (χ3n) is 7.39. The molecule has 0 atom stereocenters. The van der Waals surface area contributed by atoms with Gasteiger partial charge in [0.15, 0.2) is 0 Å². The topological polar surface area (TPSA) is 26.3 Å². The number of esters is 1. The normalized spacial score (nSPS) is 16.9. The van der Waals surface area contributed by atoms with Crippen LogP contribution in [0.1, 0.15) is 119 Å². The van der Waals surface area contributed by atoms with Crippen molar-refractivity contribution in [2.75, 3.05) is 6.61 Å². The molecule has 2 nitrogen and oxygen atoms in total. The molecule has 0 bridgehead atoms. The van der Waals surface area contributed by atoms with Gasteiger partial charge in [0.2, 0.25) is 0 Å². The molecule has 2 aromatic carbocycles. The Morgan fingerprint density at radius 1 is 1.00 bits per heavy atom. The minimum absolute atomic E-state index is 0.191. The molecular weight excluding hydrogens is 416 g/mol. The molecule has 1 aliphatic rings. The van der Waals surface area contributed by atoms with Crippen LogP contribution in [0.4, 0.5) is 0 Å². The van der Waals surface area contributed by atoms with Gasteiger partial charge in [-0.1, -0.05) is 85.2 Å². The molecule has 0 aromatic heterocycles. The summed E-state index contributed by atoms with van der Waals surface area (Å²) in [5.41, 5.74) is 9.25. The van der Waals surface area contributed by atoms with Crippen LogP contribution in [0, 0.1) is 5.92 Å². The first kappa shape index (κ1) is 26.3. The maximum atomic E-state index is 12.2. The Morgan fingerprint density at radius 2 is 1.59 bits per heavy atom. The lowest BCUT2D eigenvalue weighted by Gasteiger charge is -2.42. The fourth-order valence-corrected chi connectivity index (χ4v) is 5.07. The summed E-state index contributed by atoms with van der Waals surface area (Å²) in [5, 5.41) is 0. The number of hydrogen-bond acceptors (Lipinski definition) is 2. The summed E-state index contributed by atoms with van der Waals surface area (Å²) < 4.78 is 5.35. The van der Waals surface area contributed by atoms with E-state index in [1.807, 2.05) is 24.3 Å². The summed E-state index contributed by atoms with van der Waals surface area (Å²) in [7, 11) is 0. The van der Waals surface area contributed by atoms with E-state index in [2.05, 4.69) is 73.6 Å². The van der Waals surface area contributed by atoms with Crippen LogP contribution in [0.3, 0.4) is 0 Å². The van der Waals surface area contributed by atoms with Crippen molar-refractivity contribution in [3.63, 3.8) is 0 Å². The van der Waals surface area contributed by atoms with Crippen molar-refractivity contribution in [3.8, 4) is 0 Å². The Bertz CT molecular complexity index is 1040. The van der Waals surface area contributed by atoms with Gasteiger partial charge in [0.05, 0.1) is 12.2 Å². The van der Waals surface area contributed by atoms with E-state index in [1.54, 1.807) is 0 Å². The van der Waals surface area contributed by atoms with Gasteiger partial charge in [-0.25, -0.2) is 4.79 Å². The van der Waals surface area contributed by atoms with E-state index in [0.717, 1.165) is 24.8 Å². The van der Waals surface area contributed by atoms with Gasteiger partial charge in [-0.15, -0.1) is 0 Å². The quantitative estimate of drug-likeness (QED) is 0.223. The Kier molecular flexibility index (Phi) is 8.11. The number of carbonyl (C=O) groups excluding carboxylic acids is 1. The van der Waals surface area contributed by atoms with Crippen LogP contribution in [0.25, 0.3) is 11.6 Å². The van der Waals surface area contributed by atoms with E-state index < -0.39 is 0 Å². The lowest BCUT2D eigenvalue weighted by molar-refractivity contribution is 0.0499. The summed E-state index contributed by atoms with van der Waals surface area (Å²) in [6.45, 7) is 19.0. The predicted octanol–water partition coefficient (Wildman–Crippen LogP) is 8.75. The Balaban J connectivity index is 1.97. The molecule has 0 spiro atoms. The highest BCUT2D eigenvalue weighted by Crippen LogP contribution is 2.47. The molecule has 0 radical (unpaired) electrons. The van der Waals surface area contributed by atoms with Gasteiger partial charge in [-0.3, -0.25) is 0 Å². The Hall–Kier alpha value is -2.35. The standard InChI is InChI=1S/C32H44O2/c1-9-10-17-34-30(33)25-13-11-24(12-14-25)19-23(4)27-21-29-28(20-26(27)18-22(2)3)31(5,6)15-16-32(29,7)8/h11-14,19-22H,9-10,15-18H2,1-8H3/b23-19+. The van der Waals surface area contributed by atoms with Crippen LogP contribution in [-0.4, -0.2) is 12.6 Å². The molecule has 0 saturated carbocycles. The van der Waals surface area contributed by atoms with Gasteiger partial charge < -0.3 is 4.74 Å². The summed E-state index contributed by atoms with van der Waals surface area (Å²) in [5.74, 6) is 0.363. The first-order valence-corrected chi connectivity index (χ1v) is 13.1. The predicted molar refractivity (Wildman–Crippen MR) is 145 cm³/mol. The minimum atomic E-state index is -0.237. The molecule has 2 heteroatoms. The van der Waals surface area contributed by atoms with E-state index in [-0.39, 0.29) is 16.8 Å². The molecule has 0 aliphatic heterocycles. The van der Waals surface area contributed by atoms with E-state index in [0.29, 0.717) is 18.1 Å². The number of unbranched alkanes of at least 4 members (excludes halogenated alkanes) is 1. The van der Waals surface area contributed by atoms with Crippen molar-refractivity contribution < 1.29 is 9.53 Å². The third kappa shape index (κ3) is 6.01. The summed E-state index contributed by atoms with van der Waals surface area (Å²) in [6, 6.07) is 12.8. The SMILES string of the molecule is CCCCOC(=O)c1ccc(/C=C(\C)c2cc3c(cc2CC(C)C)C(C)(C)CCC3(C)C)cc1. The van der Waals surface area contributed by atoms with E-state index in [9.17, 15) is 4.79 Å². The highest BCUT2D eigenvalue weighted by molar-refractivity contribution is 5.90. The average Bonchev–Trinajstić information content (AvgIpc) is 2.77. The zero-order valence-electron chi connectivity index (χ0n) is 22.7. The second-order valence-corrected chi connectivity index (χ2v) is 11.9. The van der Waals surface area contributed by atoms with Gasteiger partial charge >= 0.3 is 5.97 Å². The Labute approximate surface area is 207 Å². The van der Waals surface area contributed by atoms with Gasteiger partial charge in [-0.2, -0.15) is 0 Å². The molecule has 0 fully saturated rings.